The number of hydrogen-bond donors (Lipinski definition) is 0. The number of hydrogen-bond acceptors (Lipinski definition) is 1. The molecular weight excluding hydrogens is 174 g/mol. The molecule has 14 heavy (non-hydrogen) atoms. The Balaban J connectivity index is 3.94. The van der Waals surface area contributed by atoms with Crippen LogP contribution in [0.5, 0.6) is 0 Å². The van der Waals surface area contributed by atoms with Crippen LogP contribution in [0, 0.1) is 5.92 Å². The van der Waals surface area contributed by atoms with Crippen molar-refractivity contribution in [3.8, 4) is 0 Å². The van der Waals surface area contributed by atoms with Gasteiger partial charge in [-0.3, -0.25) is 4.79 Å². The van der Waals surface area contributed by atoms with Crippen molar-refractivity contribution in [2.45, 2.75) is 53.4 Å². The SMILES string of the molecule is CCCCC(CC)CN(CC)C(C)=O. The van der Waals surface area contributed by atoms with Gasteiger partial charge in [0.25, 0.3) is 0 Å². The normalized spacial score (nSPS) is 12.6. The summed E-state index contributed by atoms with van der Waals surface area (Å²) in [4.78, 5) is 13.2. The van der Waals surface area contributed by atoms with Crippen LogP contribution in [0.15, 0.2) is 0 Å². The second kappa shape index (κ2) is 7.84. The second-order valence-electron chi connectivity index (χ2n) is 3.97. The van der Waals surface area contributed by atoms with Gasteiger partial charge >= 0.3 is 0 Å². The zero-order chi connectivity index (χ0) is 11.0. The number of carbonyl (C=O) groups is 1. The number of amides is 1. The van der Waals surface area contributed by atoms with Gasteiger partial charge < -0.3 is 4.90 Å². The van der Waals surface area contributed by atoms with Crippen molar-refractivity contribution in [3.63, 3.8) is 0 Å². The Labute approximate surface area is 88.7 Å². The van der Waals surface area contributed by atoms with Gasteiger partial charge in [0.1, 0.15) is 0 Å². The van der Waals surface area contributed by atoms with Crippen molar-refractivity contribution in [2.75, 3.05) is 13.1 Å². The predicted octanol–water partition coefficient (Wildman–Crippen LogP) is 3.07. The fourth-order valence-corrected chi connectivity index (χ4v) is 1.71. The molecule has 0 rings (SSSR count). The average molecular weight is 199 g/mol. The zero-order valence-electron chi connectivity index (χ0n) is 10.2. The molecule has 2 nitrogen and oxygen atoms in total. The van der Waals surface area contributed by atoms with E-state index in [4.69, 9.17) is 0 Å². The Morgan fingerprint density at radius 3 is 2.29 bits per heavy atom. The summed E-state index contributed by atoms with van der Waals surface area (Å²) in [5, 5.41) is 0. The molecule has 0 N–H and O–H groups in total. The summed E-state index contributed by atoms with van der Waals surface area (Å²) < 4.78 is 0. The third-order valence-electron chi connectivity index (χ3n) is 2.85. The van der Waals surface area contributed by atoms with Crippen LogP contribution in [0.3, 0.4) is 0 Å². The first kappa shape index (κ1) is 13.5. The van der Waals surface area contributed by atoms with Gasteiger partial charge in [0, 0.05) is 20.0 Å². The minimum atomic E-state index is 0.211. The molecule has 0 aromatic heterocycles. The number of unbranched alkanes of at least 4 members (excludes halogenated alkanes) is 1. The third-order valence-corrected chi connectivity index (χ3v) is 2.85. The summed E-state index contributed by atoms with van der Waals surface area (Å²) in [5.41, 5.74) is 0. The van der Waals surface area contributed by atoms with Crippen LogP contribution in [0.1, 0.15) is 53.4 Å². The molecule has 0 saturated heterocycles. The maximum atomic E-state index is 11.2. The molecular formula is C12H25NO. The summed E-state index contributed by atoms with van der Waals surface area (Å²) in [6.07, 6.45) is 4.98. The molecule has 0 fully saturated rings. The highest BCUT2D eigenvalue weighted by Crippen LogP contribution is 2.14. The summed E-state index contributed by atoms with van der Waals surface area (Å²) in [6, 6.07) is 0. The first-order chi connectivity index (χ1) is 6.65. The number of carbonyl (C=O) groups excluding carboxylic acids is 1. The Bertz CT molecular complexity index is 156. The highest BCUT2D eigenvalue weighted by Gasteiger charge is 2.12. The third kappa shape index (κ3) is 5.25. The van der Waals surface area contributed by atoms with Crippen LogP contribution < -0.4 is 0 Å². The van der Waals surface area contributed by atoms with Gasteiger partial charge in [-0.15, -0.1) is 0 Å². The monoisotopic (exact) mass is 199 g/mol. The molecule has 1 amide bonds. The minimum absolute atomic E-state index is 0.211. The Morgan fingerprint density at radius 1 is 1.29 bits per heavy atom. The molecule has 0 saturated carbocycles. The van der Waals surface area contributed by atoms with Gasteiger partial charge in [0.2, 0.25) is 5.91 Å². The predicted molar refractivity (Wildman–Crippen MR) is 61.2 cm³/mol. The first-order valence-corrected chi connectivity index (χ1v) is 5.91. The van der Waals surface area contributed by atoms with Crippen LogP contribution >= 0.6 is 0 Å². The highest BCUT2D eigenvalue weighted by atomic mass is 16.2. The van der Waals surface area contributed by atoms with E-state index in [1.54, 1.807) is 6.92 Å². The molecule has 2 heteroatoms. The molecule has 1 unspecified atom stereocenters. The highest BCUT2D eigenvalue weighted by molar-refractivity contribution is 5.73. The van der Waals surface area contributed by atoms with E-state index in [1.165, 1.54) is 25.7 Å². The van der Waals surface area contributed by atoms with Crippen molar-refractivity contribution in [1.82, 2.24) is 4.90 Å². The van der Waals surface area contributed by atoms with E-state index >= 15 is 0 Å². The van der Waals surface area contributed by atoms with Gasteiger partial charge in [-0.1, -0.05) is 33.1 Å². The Hall–Kier alpha value is -0.530. The second-order valence-corrected chi connectivity index (χ2v) is 3.97. The fraction of sp³-hybridized carbons (Fsp3) is 0.917. The molecule has 84 valence electrons. The van der Waals surface area contributed by atoms with E-state index in [0.29, 0.717) is 5.92 Å². The standard InChI is InChI=1S/C12H25NO/c1-5-8-9-12(6-2)10-13(7-3)11(4)14/h12H,5-10H2,1-4H3. The maximum absolute atomic E-state index is 11.2. The van der Waals surface area contributed by atoms with Crippen LogP contribution in [0.4, 0.5) is 0 Å². The van der Waals surface area contributed by atoms with Crippen LogP contribution in [0.25, 0.3) is 0 Å². The van der Waals surface area contributed by atoms with Gasteiger partial charge in [0.15, 0.2) is 0 Å². The lowest BCUT2D eigenvalue weighted by atomic mass is 9.99. The molecule has 0 radical (unpaired) electrons. The smallest absolute Gasteiger partial charge is 0.219 e. The lowest BCUT2D eigenvalue weighted by molar-refractivity contribution is -0.129. The maximum Gasteiger partial charge on any atom is 0.219 e. The van der Waals surface area contributed by atoms with Gasteiger partial charge in [-0.2, -0.15) is 0 Å². The van der Waals surface area contributed by atoms with Crippen molar-refractivity contribution in [2.24, 2.45) is 5.92 Å². The van der Waals surface area contributed by atoms with Crippen LogP contribution in [0.2, 0.25) is 0 Å². The Morgan fingerprint density at radius 2 is 1.93 bits per heavy atom. The van der Waals surface area contributed by atoms with E-state index in [1.807, 2.05) is 11.8 Å². The fourth-order valence-electron chi connectivity index (χ4n) is 1.71. The molecule has 0 aliphatic heterocycles. The van der Waals surface area contributed by atoms with Crippen molar-refractivity contribution < 1.29 is 4.79 Å². The van der Waals surface area contributed by atoms with E-state index in [0.717, 1.165) is 13.1 Å². The molecule has 0 aliphatic carbocycles. The lowest BCUT2D eigenvalue weighted by Gasteiger charge is -2.24. The van der Waals surface area contributed by atoms with E-state index < -0.39 is 0 Å². The van der Waals surface area contributed by atoms with Crippen molar-refractivity contribution in [1.29, 1.82) is 0 Å². The number of nitrogens with zero attached hydrogens (tertiary/aromatic N) is 1. The molecule has 0 spiro atoms. The summed E-state index contributed by atoms with van der Waals surface area (Å²) in [6.45, 7) is 9.94. The summed E-state index contributed by atoms with van der Waals surface area (Å²) >= 11 is 0. The lowest BCUT2D eigenvalue weighted by Crippen LogP contribution is -2.33. The van der Waals surface area contributed by atoms with Gasteiger partial charge in [-0.05, 0) is 19.3 Å². The topological polar surface area (TPSA) is 20.3 Å². The molecule has 0 aromatic rings. The quantitative estimate of drug-likeness (QED) is 0.617. The zero-order valence-corrected chi connectivity index (χ0v) is 10.2. The summed E-state index contributed by atoms with van der Waals surface area (Å²) in [7, 11) is 0. The molecule has 0 bridgehead atoms. The molecule has 1 atom stereocenters. The minimum Gasteiger partial charge on any atom is -0.343 e. The molecule has 0 aliphatic rings. The number of rotatable bonds is 7. The van der Waals surface area contributed by atoms with E-state index in [9.17, 15) is 4.79 Å². The van der Waals surface area contributed by atoms with E-state index in [-0.39, 0.29) is 5.91 Å². The molecule has 0 aromatic carbocycles. The van der Waals surface area contributed by atoms with Crippen LogP contribution in [-0.2, 0) is 4.79 Å². The molecule has 0 heterocycles. The van der Waals surface area contributed by atoms with E-state index in [2.05, 4.69) is 13.8 Å². The average Bonchev–Trinajstić information content (AvgIpc) is 2.18. The van der Waals surface area contributed by atoms with Gasteiger partial charge in [0.05, 0.1) is 0 Å². The van der Waals surface area contributed by atoms with Crippen LogP contribution in [-0.4, -0.2) is 23.9 Å². The Kier molecular flexibility index (Phi) is 7.54. The van der Waals surface area contributed by atoms with Crippen molar-refractivity contribution in [3.05, 3.63) is 0 Å². The van der Waals surface area contributed by atoms with Crippen molar-refractivity contribution >= 4 is 5.91 Å². The first-order valence-electron chi connectivity index (χ1n) is 5.91. The summed E-state index contributed by atoms with van der Waals surface area (Å²) in [5.74, 6) is 0.904. The van der Waals surface area contributed by atoms with Gasteiger partial charge in [-0.25, -0.2) is 0 Å². The largest absolute Gasteiger partial charge is 0.343 e.